The second kappa shape index (κ2) is 49.8. The molecule has 4 fully saturated rings. The Labute approximate surface area is 839 Å². The molecule has 35 heteroatoms. The first-order valence-electron chi connectivity index (χ1n) is 48.5. The summed E-state index contributed by atoms with van der Waals surface area (Å²) in [5.41, 5.74) is 9.65. The van der Waals surface area contributed by atoms with Gasteiger partial charge in [-0.05, 0) is 215 Å². The highest BCUT2D eigenvalue weighted by Gasteiger charge is 2.41. The molecule has 744 valence electrons. The van der Waals surface area contributed by atoms with E-state index in [1.807, 2.05) is 230 Å². The minimum Gasteiger partial charge on any atom is -0.497 e. The smallest absolute Gasteiger partial charge is 0.277 e. The van der Waals surface area contributed by atoms with Crippen LogP contribution >= 0.6 is 46.4 Å². The highest BCUT2D eigenvalue weighted by molar-refractivity contribution is 6.36. The fourth-order valence-corrected chi connectivity index (χ4v) is 19.3. The standard InChI is InChI=1S/C27H35ClN6O2.C27H35N5O3.C26H32ClN5O3.C25H29Cl2N5O2/c1-6-21-25(30-22-16-33(17-23(22)36-8-3)24-11-9-10-14-29-24)27(35)34(7-2)26(31-21)19-13-12-18(32(4)5)15-20(19)28;1-6-21-25(29-22-16-31(17-23(22)35-8-3)24-11-9-10-14-28-24)27(33)32(7-2)26(30-21)20-13-12-19(34-5)15-18(20)4;1-5-20-24(29-21-15-31(16-22(21)35-7-3)23-10-8-9-13-28-23)26(33)32(6-2)25(30-20)18-12-11-17(34-4)14-19(18)27;1-4-19-23(25(33)32(5-2)24(30-19)17-11-10-16(26)13-18(17)27)29-20-14-31(15-21(20)34-6-3)22-9-7-8-12-28-22/h9-15,22-23,30H,6-8,16-17H2,1-5H3;9-15,22-23,29H,6-8,16-17H2,1-5H3;8-14,21-22,29H,5-7,15-16H2,1-4H3;7-13,20-21,29H,4-6,14-15H2,1-3H3/t2*22?,23-;21?,22-;20?,21-/m0000/s1. The molecule has 4 aromatic carbocycles. The molecule has 0 bridgehead atoms. The largest absolute Gasteiger partial charge is 0.497 e. The first-order chi connectivity index (χ1) is 67.8. The summed E-state index contributed by atoms with van der Waals surface area (Å²) in [6.07, 6.45) is 9.28. The summed E-state index contributed by atoms with van der Waals surface area (Å²) in [6, 6.07) is 45.5. The van der Waals surface area contributed by atoms with Crippen LogP contribution in [0, 0.1) is 6.92 Å². The molecule has 4 aliphatic heterocycles. The predicted molar refractivity (Wildman–Crippen MR) is 565 cm³/mol. The highest BCUT2D eigenvalue weighted by atomic mass is 35.5. The van der Waals surface area contributed by atoms with Crippen molar-refractivity contribution in [3.8, 4) is 57.1 Å². The van der Waals surface area contributed by atoms with E-state index < -0.39 is 0 Å². The van der Waals surface area contributed by atoms with E-state index in [2.05, 4.69) is 60.8 Å². The van der Waals surface area contributed by atoms with Crippen molar-refractivity contribution in [3.63, 3.8) is 0 Å². The molecule has 31 nitrogen and oxygen atoms in total. The Morgan fingerprint density at radius 2 is 0.621 bits per heavy atom. The number of hydrogen-bond donors (Lipinski definition) is 4. The summed E-state index contributed by atoms with van der Waals surface area (Å²) >= 11 is 25.8. The van der Waals surface area contributed by atoms with Crippen LogP contribution in [0.5, 0.6) is 11.5 Å². The summed E-state index contributed by atoms with van der Waals surface area (Å²) in [6.45, 7) is 35.6. The summed E-state index contributed by atoms with van der Waals surface area (Å²) in [7, 11) is 7.18. The quantitative estimate of drug-likeness (QED) is 0.0287. The molecule has 12 aromatic rings. The Hall–Kier alpha value is -12.2. The van der Waals surface area contributed by atoms with Crippen molar-refractivity contribution >= 4 is 98.1 Å². The van der Waals surface area contributed by atoms with Crippen molar-refractivity contribution in [2.45, 2.75) is 190 Å². The maximum Gasteiger partial charge on any atom is 0.277 e. The van der Waals surface area contributed by atoms with Gasteiger partial charge < -0.3 is 74.2 Å². The van der Waals surface area contributed by atoms with Gasteiger partial charge in [0.25, 0.3) is 22.2 Å². The van der Waals surface area contributed by atoms with Crippen molar-refractivity contribution in [2.24, 2.45) is 0 Å². The topological polar surface area (TPSA) is 311 Å². The monoisotopic (exact) mass is 1990 g/mol. The molecule has 4 aliphatic rings. The Morgan fingerprint density at radius 3 is 0.871 bits per heavy atom. The maximum atomic E-state index is 13.8. The Morgan fingerprint density at radius 1 is 0.343 bits per heavy atom. The fourth-order valence-electron chi connectivity index (χ4n) is 18.3. The van der Waals surface area contributed by atoms with Crippen LogP contribution in [0.1, 0.15) is 111 Å². The zero-order valence-electron chi connectivity index (χ0n) is 83.1. The molecule has 0 spiro atoms. The van der Waals surface area contributed by atoms with E-state index in [9.17, 15) is 19.2 Å². The summed E-state index contributed by atoms with van der Waals surface area (Å²) in [4.78, 5) is 103. The number of nitrogens with one attached hydrogen (secondary N) is 4. The number of rotatable bonds is 35. The number of halogens is 4. The van der Waals surface area contributed by atoms with Crippen molar-refractivity contribution in [3.05, 3.63) is 260 Å². The van der Waals surface area contributed by atoms with E-state index in [4.69, 9.17) is 94.8 Å². The van der Waals surface area contributed by atoms with E-state index in [-0.39, 0.29) is 70.8 Å². The number of hydrogen-bond acceptors (Lipinski definition) is 27. The van der Waals surface area contributed by atoms with Crippen LogP contribution in [-0.4, -0.2) is 214 Å². The lowest BCUT2D eigenvalue weighted by Crippen LogP contribution is -2.38. The van der Waals surface area contributed by atoms with Gasteiger partial charge in [-0.1, -0.05) is 98.4 Å². The van der Waals surface area contributed by atoms with E-state index in [1.54, 1.807) is 81.5 Å². The molecule has 0 amide bonds. The van der Waals surface area contributed by atoms with Crippen LogP contribution in [0.15, 0.2) is 190 Å². The van der Waals surface area contributed by atoms with Crippen molar-refractivity contribution in [1.82, 2.24) is 58.1 Å². The van der Waals surface area contributed by atoms with Crippen LogP contribution in [-0.2, 0) is 70.8 Å². The predicted octanol–water partition coefficient (Wildman–Crippen LogP) is 17.4. The third-order valence-corrected chi connectivity index (χ3v) is 26.5. The summed E-state index contributed by atoms with van der Waals surface area (Å²) in [5, 5.41) is 16.1. The Bertz CT molecular complexity index is 6220. The minimum atomic E-state index is -0.123. The second-order valence-corrected chi connectivity index (χ2v) is 35.9. The molecule has 0 aliphatic carbocycles. The lowest BCUT2D eigenvalue weighted by molar-refractivity contribution is 0.0718. The van der Waals surface area contributed by atoms with Crippen LogP contribution in [0.25, 0.3) is 45.6 Å². The Balaban J connectivity index is 0.000000157. The van der Waals surface area contributed by atoms with E-state index >= 15 is 0 Å². The lowest BCUT2D eigenvalue weighted by atomic mass is 10.1. The van der Waals surface area contributed by atoms with Gasteiger partial charge in [0.15, 0.2) is 0 Å². The molecule has 0 radical (unpaired) electrons. The molecule has 4 N–H and O–H groups in total. The van der Waals surface area contributed by atoms with Gasteiger partial charge in [-0.25, -0.2) is 39.9 Å². The second-order valence-electron chi connectivity index (χ2n) is 34.2. The first kappa shape index (κ1) is 105. The van der Waals surface area contributed by atoms with Gasteiger partial charge in [0.1, 0.15) is 80.8 Å². The SMILES string of the molecule is CCO[C@H]1CN(c2ccccn2)CC1Nc1c(CC)nc(-c2ccc(Cl)cc2Cl)n(CC)c1=O.CCO[C@H]1CN(c2ccccn2)CC1Nc1c(CC)nc(-c2ccc(N(C)C)cc2Cl)n(CC)c1=O.CCO[C@H]1CN(c2ccccn2)CC1Nc1c(CC)nc(-c2ccc(OC)cc2C)n(CC)c1=O.CCO[C@H]1CN(c2ccccn2)CC1Nc1c(CC)nc(-c2ccc(OC)cc2Cl)n(CC)c1=O. The fraction of sp³-hybridized carbons (Fsp3) is 0.429. The van der Waals surface area contributed by atoms with E-state index in [0.29, 0.717) is 225 Å². The lowest BCUT2D eigenvalue weighted by Gasteiger charge is -2.23. The minimum absolute atomic E-state index is 0.0592. The zero-order valence-corrected chi connectivity index (χ0v) is 86.1. The molecule has 16 rings (SSSR count). The first-order valence-corrected chi connectivity index (χ1v) is 50.0. The number of aromatic nitrogens is 12. The molecule has 4 saturated heterocycles. The van der Waals surface area contributed by atoms with Crippen LogP contribution in [0.3, 0.4) is 0 Å². The molecule has 140 heavy (non-hydrogen) atoms. The molecule has 0 saturated carbocycles. The van der Waals surface area contributed by atoms with Gasteiger partial charge in [-0.15, -0.1) is 0 Å². The third-order valence-electron chi connectivity index (χ3n) is 25.4. The van der Waals surface area contributed by atoms with Crippen molar-refractivity contribution in [2.75, 3.05) is 153 Å². The van der Waals surface area contributed by atoms with E-state index in [0.717, 1.165) is 62.8 Å². The van der Waals surface area contributed by atoms with Gasteiger partial charge in [0.2, 0.25) is 0 Å². The zero-order chi connectivity index (χ0) is 100.0. The molecular formula is C105H131Cl4N21O10. The molecule has 8 atom stereocenters. The van der Waals surface area contributed by atoms with Gasteiger partial charge in [0.05, 0.1) is 101 Å². The average Bonchev–Trinajstić information content (AvgIpc) is 1.23. The normalized spacial score (nSPS) is 17.6. The third kappa shape index (κ3) is 24.3. The number of ether oxygens (including phenoxy) is 6. The van der Waals surface area contributed by atoms with Crippen LogP contribution < -0.4 is 77.5 Å². The van der Waals surface area contributed by atoms with Gasteiger partial charge in [-0.2, -0.15) is 0 Å². The van der Waals surface area contributed by atoms with Gasteiger partial charge in [0, 0.05) is 177 Å². The van der Waals surface area contributed by atoms with E-state index in [1.165, 1.54) is 0 Å². The molecule has 8 aromatic heterocycles. The number of benzene rings is 4. The maximum absolute atomic E-state index is 13.8. The molecule has 4 unspecified atom stereocenters. The van der Waals surface area contributed by atoms with Gasteiger partial charge >= 0.3 is 0 Å². The average molecular weight is 1990 g/mol. The molecular weight excluding hydrogens is 1860 g/mol. The number of anilines is 9. The highest BCUT2D eigenvalue weighted by Crippen LogP contribution is 2.38. The molecule has 12 heterocycles. The van der Waals surface area contributed by atoms with Crippen molar-refractivity contribution < 1.29 is 28.4 Å². The number of methoxy groups -OCH3 is 2. The summed E-state index contributed by atoms with van der Waals surface area (Å²) < 4.78 is 41.6. The van der Waals surface area contributed by atoms with Crippen LogP contribution in [0.4, 0.5) is 51.7 Å². The van der Waals surface area contributed by atoms with Gasteiger partial charge in [-0.3, -0.25) is 37.4 Å². The number of aryl methyl sites for hydroxylation is 5. The number of pyridine rings is 4. The summed E-state index contributed by atoms with van der Waals surface area (Å²) in [5.74, 6) is 7.39. The Kier molecular flexibility index (Phi) is 37.4. The van der Waals surface area contributed by atoms with Crippen LogP contribution in [0.2, 0.25) is 20.1 Å². The number of nitrogens with zero attached hydrogens (tertiary/aromatic N) is 17. The van der Waals surface area contributed by atoms with Crippen molar-refractivity contribution in [1.29, 1.82) is 0 Å².